The van der Waals surface area contributed by atoms with Gasteiger partial charge in [0.2, 0.25) is 0 Å². The highest BCUT2D eigenvalue weighted by atomic mass is 19.4. The maximum absolute atomic E-state index is 13.0. The van der Waals surface area contributed by atoms with Gasteiger partial charge in [0.25, 0.3) is 0 Å². The van der Waals surface area contributed by atoms with Crippen LogP contribution in [0.4, 0.5) is 18.0 Å². The van der Waals surface area contributed by atoms with Crippen LogP contribution in [0.25, 0.3) is 0 Å². The first-order chi connectivity index (χ1) is 12.7. The van der Waals surface area contributed by atoms with Crippen LogP contribution >= 0.6 is 0 Å². The van der Waals surface area contributed by atoms with Crippen molar-refractivity contribution in [3.63, 3.8) is 0 Å². The van der Waals surface area contributed by atoms with E-state index in [9.17, 15) is 28.2 Å². The van der Waals surface area contributed by atoms with E-state index in [0.717, 1.165) is 12.1 Å². The number of aliphatic hydroxyl groups is 1. The number of ether oxygens (including phenoxy) is 1. The molecule has 1 aliphatic heterocycles. The van der Waals surface area contributed by atoms with Gasteiger partial charge in [0.15, 0.2) is 0 Å². The van der Waals surface area contributed by atoms with E-state index in [4.69, 9.17) is 4.74 Å². The molecule has 0 aliphatic carbocycles. The third-order valence-electron chi connectivity index (χ3n) is 5.71. The summed E-state index contributed by atoms with van der Waals surface area (Å²) in [5.74, 6) is -0.558. The lowest BCUT2D eigenvalue weighted by atomic mass is 9.62. The number of benzene rings is 1. The van der Waals surface area contributed by atoms with Crippen molar-refractivity contribution in [1.29, 1.82) is 0 Å². The normalized spacial score (nSPS) is 23.7. The molecule has 2 atom stereocenters. The van der Waals surface area contributed by atoms with E-state index in [2.05, 4.69) is 0 Å². The molecule has 0 bridgehead atoms. The maximum atomic E-state index is 13.0. The van der Waals surface area contributed by atoms with E-state index in [-0.39, 0.29) is 19.6 Å². The van der Waals surface area contributed by atoms with Gasteiger partial charge in [0, 0.05) is 12.5 Å². The maximum Gasteiger partial charge on any atom is 0.416 e. The van der Waals surface area contributed by atoms with Gasteiger partial charge in [-0.1, -0.05) is 32.9 Å². The number of carboxylic acid groups (broad SMARTS) is 1. The van der Waals surface area contributed by atoms with Crippen molar-refractivity contribution >= 4 is 6.09 Å². The van der Waals surface area contributed by atoms with Crippen LogP contribution in [0.3, 0.4) is 0 Å². The Morgan fingerprint density at radius 1 is 1.21 bits per heavy atom. The van der Waals surface area contributed by atoms with Crippen molar-refractivity contribution < 1.29 is 32.9 Å². The molecule has 0 saturated carbocycles. The summed E-state index contributed by atoms with van der Waals surface area (Å²) in [6.07, 6.45) is -5.45. The standard InChI is InChI=1S/C20H28F3NO4/c1-17(2,3)19(12-28-18(4,5)24(19)16(26)27)15(10-11-25)13-6-8-14(9-7-13)20(21,22)23/h6-9,15,25H,10-12H2,1-5H3,(H,26,27)/t15-,19-/m0/s1. The van der Waals surface area contributed by atoms with Crippen molar-refractivity contribution in [3.05, 3.63) is 35.4 Å². The Balaban J connectivity index is 2.67. The molecule has 8 heteroatoms. The topological polar surface area (TPSA) is 70.0 Å². The molecule has 28 heavy (non-hydrogen) atoms. The summed E-state index contributed by atoms with van der Waals surface area (Å²) in [6, 6.07) is 4.70. The van der Waals surface area contributed by atoms with Gasteiger partial charge in [0.05, 0.1) is 17.7 Å². The molecular weight excluding hydrogens is 375 g/mol. The summed E-state index contributed by atoms with van der Waals surface area (Å²) >= 11 is 0. The number of hydrogen-bond donors (Lipinski definition) is 2. The zero-order valence-corrected chi connectivity index (χ0v) is 16.8. The van der Waals surface area contributed by atoms with Gasteiger partial charge in [-0.05, 0) is 43.4 Å². The van der Waals surface area contributed by atoms with Crippen LogP contribution in [0, 0.1) is 5.41 Å². The Bertz CT molecular complexity index is 710. The SMILES string of the molecule is CC1(C)OC[C@]([C@@H](CCO)c2ccc(C(F)(F)F)cc2)(C(C)(C)C)N1C(=O)O. The molecule has 0 radical (unpaired) electrons. The van der Waals surface area contributed by atoms with Gasteiger partial charge in [-0.2, -0.15) is 13.2 Å². The molecule has 5 nitrogen and oxygen atoms in total. The fourth-order valence-electron chi connectivity index (χ4n) is 4.34. The number of rotatable bonds is 4. The van der Waals surface area contributed by atoms with Gasteiger partial charge in [-0.3, -0.25) is 4.90 Å². The van der Waals surface area contributed by atoms with E-state index in [1.807, 2.05) is 20.8 Å². The number of nitrogens with zero attached hydrogens (tertiary/aromatic N) is 1. The average molecular weight is 403 g/mol. The van der Waals surface area contributed by atoms with Gasteiger partial charge < -0.3 is 14.9 Å². The highest BCUT2D eigenvalue weighted by Gasteiger charge is 2.63. The third-order valence-corrected chi connectivity index (χ3v) is 5.71. The molecule has 0 aromatic heterocycles. The Hall–Kier alpha value is -1.80. The predicted molar refractivity (Wildman–Crippen MR) is 98.0 cm³/mol. The van der Waals surface area contributed by atoms with E-state index in [1.54, 1.807) is 13.8 Å². The lowest BCUT2D eigenvalue weighted by molar-refractivity contribution is -0.137. The number of carbonyl (C=O) groups is 1. The molecule has 1 aliphatic rings. The summed E-state index contributed by atoms with van der Waals surface area (Å²) in [7, 11) is 0. The lowest BCUT2D eigenvalue weighted by Gasteiger charge is -2.52. The Kier molecular flexibility index (Phi) is 5.80. The molecule has 0 unspecified atom stereocenters. The van der Waals surface area contributed by atoms with Crippen molar-refractivity contribution in [2.75, 3.05) is 13.2 Å². The van der Waals surface area contributed by atoms with E-state index in [1.165, 1.54) is 17.0 Å². The minimum absolute atomic E-state index is 0.0709. The highest BCUT2D eigenvalue weighted by molar-refractivity contribution is 5.68. The van der Waals surface area contributed by atoms with Gasteiger partial charge >= 0.3 is 12.3 Å². The number of aliphatic hydroxyl groups excluding tert-OH is 1. The second-order valence-electron chi connectivity index (χ2n) is 8.71. The molecule has 1 fully saturated rings. The summed E-state index contributed by atoms with van der Waals surface area (Å²) < 4.78 is 44.7. The fraction of sp³-hybridized carbons (Fsp3) is 0.650. The van der Waals surface area contributed by atoms with Crippen molar-refractivity contribution in [2.24, 2.45) is 5.41 Å². The van der Waals surface area contributed by atoms with Crippen LogP contribution in [-0.2, 0) is 10.9 Å². The van der Waals surface area contributed by atoms with E-state index in [0.29, 0.717) is 5.56 Å². The zero-order valence-electron chi connectivity index (χ0n) is 16.8. The van der Waals surface area contributed by atoms with Crippen molar-refractivity contribution in [3.8, 4) is 0 Å². The zero-order chi connectivity index (χ0) is 21.5. The average Bonchev–Trinajstić information content (AvgIpc) is 2.84. The number of halogens is 3. The molecule has 1 heterocycles. The second-order valence-corrected chi connectivity index (χ2v) is 8.71. The second kappa shape index (κ2) is 7.22. The molecule has 1 saturated heterocycles. The van der Waals surface area contributed by atoms with E-state index >= 15 is 0 Å². The largest absolute Gasteiger partial charge is 0.465 e. The smallest absolute Gasteiger partial charge is 0.416 e. The van der Waals surface area contributed by atoms with Crippen LogP contribution < -0.4 is 0 Å². The molecule has 1 aromatic rings. The van der Waals surface area contributed by atoms with Crippen LogP contribution in [0.2, 0.25) is 0 Å². The summed E-state index contributed by atoms with van der Waals surface area (Å²) in [4.78, 5) is 13.5. The van der Waals surface area contributed by atoms with Crippen molar-refractivity contribution in [2.45, 2.75) is 64.4 Å². The fourth-order valence-corrected chi connectivity index (χ4v) is 4.34. The van der Waals surface area contributed by atoms with Gasteiger partial charge in [-0.25, -0.2) is 4.79 Å². The Labute approximate surface area is 163 Å². The quantitative estimate of drug-likeness (QED) is 0.764. The lowest BCUT2D eigenvalue weighted by Crippen LogP contribution is -2.64. The summed E-state index contributed by atoms with van der Waals surface area (Å²) in [6.45, 7) is 8.76. The molecule has 2 rings (SSSR count). The first-order valence-corrected chi connectivity index (χ1v) is 9.14. The van der Waals surface area contributed by atoms with Crippen molar-refractivity contribution in [1.82, 2.24) is 4.90 Å². The van der Waals surface area contributed by atoms with Crippen LogP contribution in [0.5, 0.6) is 0 Å². The molecule has 2 N–H and O–H groups in total. The molecule has 0 spiro atoms. The van der Waals surface area contributed by atoms with Gasteiger partial charge in [0.1, 0.15) is 5.72 Å². The molecular formula is C20H28F3NO4. The van der Waals surface area contributed by atoms with E-state index < -0.39 is 40.4 Å². The van der Waals surface area contributed by atoms with Gasteiger partial charge in [-0.15, -0.1) is 0 Å². The number of alkyl halides is 3. The first kappa shape index (κ1) is 22.5. The number of hydrogen-bond acceptors (Lipinski definition) is 3. The third kappa shape index (κ3) is 3.72. The number of amides is 1. The Morgan fingerprint density at radius 2 is 1.75 bits per heavy atom. The summed E-state index contributed by atoms with van der Waals surface area (Å²) in [5.41, 5.74) is -3.06. The van der Waals surface area contributed by atoms with Crippen LogP contribution in [0.15, 0.2) is 24.3 Å². The highest BCUT2D eigenvalue weighted by Crippen LogP contribution is 2.54. The van der Waals surface area contributed by atoms with Crippen LogP contribution in [0.1, 0.15) is 58.1 Å². The molecule has 1 aromatic carbocycles. The Morgan fingerprint density at radius 3 is 2.14 bits per heavy atom. The monoisotopic (exact) mass is 403 g/mol. The molecule has 1 amide bonds. The molecule has 158 valence electrons. The summed E-state index contributed by atoms with van der Waals surface area (Å²) in [5, 5.41) is 19.7. The first-order valence-electron chi connectivity index (χ1n) is 9.14. The predicted octanol–water partition coefficient (Wildman–Crippen LogP) is 4.70. The minimum Gasteiger partial charge on any atom is -0.465 e. The minimum atomic E-state index is -4.46. The van der Waals surface area contributed by atoms with Crippen LogP contribution in [-0.4, -0.2) is 45.7 Å².